The third kappa shape index (κ3) is 5.82. The number of benzene rings is 2. The number of hydrogen-bond acceptors (Lipinski definition) is 1. The molecule has 0 aromatic heterocycles. The maximum Gasteiger partial charge on any atom is 0.279 e. The summed E-state index contributed by atoms with van der Waals surface area (Å²) >= 11 is 0. The van der Waals surface area contributed by atoms with Crippen LogP contribution >= 0.6 is 0 Å². The molecule has 0 fully saturated rings. The summed E-state index contributed by atoms with van der Waals surface area (Å²) in [5, 5.41) is 5.01. The van der Waals surface area contributed by atoms with Crippen molar-refractivity contribution in [3.8, 4) is 0 Å². The van der Waals surface area contributed by atoms with Crippen molar-refractivity contribution in [1.29, 1.82) is 0 Å². The molecule has 3 heteroatoms. The van der Waals surface area contributed by atoms with Crippen LogP contribution in [0.2, 0.25) is 0 Å². The third-order valence-corrected chi connectivity index (χ3v) is 4.14. The van der Waals surface area contributed by atoms with Crippen molar-refractivity contribution in [2.45, 2.75) is 40.2 Å². The molecule has 128 valence electrons. The van der Waals surface area contributed by atoms with Gasteiger partial charge < -0.3 is 10.6 Å². The molecule has 2 rings (SSSR count). The minimum atomic E-state index is 0.0298. The summed E-state index contributed by atoms with van der Waals surface area (Å²) in [6.45, 7) is 9.06. The van der Waals surface area contributed by atoms with Gasteiger partial charge in [-0.05, 0) is 43.9 Å². The van der Waals surface area contributed by atoms with Gasteiger partial charge in [0.15, 0.2) is 6.54 Å². The lowest BCUT2D eigenvalue weighted by molar-refractivity contribution is -0.682. The Labute approximate surface area is 145 Å². The second kappa shape index (κ2) is 8.65. The van der Waals surface area contributed by atoms with E-state index >= 15 is 0 Å². The molecule has 2 aromatic rings. The summed E-state index contributed by atoms with van der Waals surface area (Å²) in [4.78, 5) is 12.1. The van der Waals surface area contributed by atoms with Gasteiger partial charge in [0.2, 0.25) is 0 Å². The smallest absolute Gasteiger partial charge is 0.279 e. The Morgan fingerprint density at radius 3 is 2.21 bits per heavy atom. The summed E-state index contributed by atoms with van der Waals surface area (Å²) in [5.41, 5.74) is 4.67. The number of hydrogen-bond donors (Lipinski definition) is 2. The quantitative estimate of drug-likeness (QED) is 0.804. The number of carbonyl (C=O) groups excluding carboxylic acids is 1. The Balaban J connectivity index is 1.82. The van der Waals surface area contributed by atoms with E-state index in [0.717, 1.165) is 12.1 Å². The molecule has 0 bridgehead atoms. The van der Waals surface area contributed by atoms with Gasteiger partial charge in [-0.2, -0.15) is 0 Å². The first-order valence-electron chi connectivity index (χ1n) is 8.72. The van der Waals surface area contributed by atoms with Crippen LogP contribution in [0.1, 0.15) is 43.5 Å². The highest BCUT2D eigenvalue weighted by Crippen LogP contribution is 2.13. The van der Waals surface area contributed by atoms with Gasteiger partial charge in [0.05, 0.1) is 0 Å². The Morgan fingerprint density at radius 1 is 1.00 bits per heavy atom. The van der Waals surface area contributed by atoms with Gasteiger partial charge >= 0.3 is 0 Å². The van der Waals surface area contributed by atoms with Crippen LogP contribution in [0.4, 0.5) is 5.69 Å². The van der Waals surface area contributed by atoms with Crippen LogP contribution in [0.15, 0.2) is 48.5 Å². The summed E-state index contributed by atoms with van der Waals surface area (Å²) in [6, 6.07) is 16.9. The largest absolute Gasteiger partial charge is 0.333 e. The summed E-state index contributed by atoms with van der Waals surface area (Å²) in [5.74, 6) is 0.701. The number of quaternary nitrogens is 1. The summed E-state index contributed by atoms with van der Waals surface area (Å²) < 4.78 is 0. The molecule has 1 atom stereocenters. The number of nitrogens with two attached hydrogens (primary N) is 1. The Kier molecular flexibility index (Phi) is 6.56. The highest BCUT2D eigenvalue weighted by molar-refractivity contribution is 5.91. The van der Waals surface area contributed by atoms with E-state index in [-0.39, 0.29) is 11.9 Å². The number of amides is 1. The molecule has 0 aliphatic heterocycles. The third-order valence-electron chi connectivity index (χ3n) is 4.14. The highest BCUT2D eigenvalue weighted by atomic mass is 16.1. The minimum Gasteiger partial charge on any atom is -0.333 e. The van der Waals surface area contributed by atoms with Gasteiger partial charge in [-0.1, -0.05) is 55.8 Å². The number of anilines is 1. The zero-order chi connectivity index (χ0) is 17.5. The van der Waals surface area contributed by atoms with Crippen LogP contribution in [-0.2, 0) is 11.2 Å². The van der Waals surface area contributed by atoms with Crippen molar-refractivity contribution in [1.82, 2.24) is 0 Å². The molecule has 0 heterocycles. The molecule has 3 nitrogen and oxygen atoms in total. The topological polar surface area (TPSA) is 45.7 Å². The van der Waals surface area contributed by atoms with E-state index in [9.17, 15) is 4.79 Å². The Morgan fingerprint density at radius 2 is 1.62 bits per heavy atom. The van der Waals surface area contributed by atoms with Crippen LogP contribution in [0, 0.1) is 12.8 Å². The fraction of sp³-hybridized carbons (Fsp3) is 0.381. The zero-order valence-corrected chi connectivity index (χ0v) is 15.2. The van der Waals surface area contributed by atoms with E-state index in [1.165, 1.54) is 16.7 Å². The predicted molar refractivity (Wildman–Crippen MR) is 100 cm³/mol. The van der Waals surface area contributed by atoms with E-state index in [1.807, 2.05) is 31.2 Å². The fourth-order valence-electron chi connectivity index (χ4n) is 2.70. The van der Waals surface area contributed by atoms with E-state index < -0.39 is 0 Å². The molecule has 2 aromatic carbocycles. The molecule has 24 heavy (non-hydrogen) atoms. The van der Waals surface area contributed by atoms with Crippen LogP contribution < -0.4 is 10.6 Å². The molecular weight excluding hydrogens is 296 g/mol. The van der Waals surface area contributed by atoms with Crippen LogP contribution in [-0.4, -0.2) is 12.5 Å². The van der Waals surface area contributed by atoms with Crippen molar-refractivity contribution in [3.05, 3.63) is 65.2 Å². The maximum absolute atomic E-state index is 12.1. The second-order valence-electron chi connectivity index (χ2n) is 6.98. The molecule has 0 spiro atoms. The lowest BCUT2D eigenvalue weighted by Crippen LogP contribution is -2.86. The molecule has 0 aliphatic carbocycles. The van der Waals surface area contributed by atoms with Gasteiger partial charge in [-0.15, -0.1) is 0 Å². The lowest BCUT2D eigenvalue weighted by atomic mass is 10.00. The van der Waals surface area contributed by atoms with Crippen molar-refractivity contribution < 1.29 is 10.1 Å². The molecule has 0 saturated heterocycles. The average molecular weight is 325 g/mol. The molecule has 1 amide bonds. The second-order valence-corrected chi connectivity index (χ2v) is 6.98. The number of carbonyl (C=O) groups is 1. The van der Waals surface area contributed by atoms with E-state index in [4.69, 9.17) is 0 Å². The monoisotopic (exact) mass is 325 g/mol. The van der Waals surface area contributed by atoms with E-state index in [1.54, 1.807) is 0 Å². The van der Waals surface area contributed by atoms with Gasteiger partial charge in [0.1, 0.15) is 6.04 Å². The van der Waals surface area contributed by atoms with E-state index in [2.05, 4.69) is 55.7 Å². The van der Waals surface area contributed by atoms with Crippen molar-refractivity contribution in [2.24, 2.45) is 5.92 Å². The average Bonchev–Trinajstić information content (AvgIpc) is 2.55. The SMILES string of the molecule is Cc1ccc(NC(=O)C[NH2+][C@@H](C)c2ccc(CC(C)C)cc2)cc1. The molecule has 0 saturated carbocycles. The lowest BCUT2D eigenvalue weighted by Gasteiger charge is -2.12. The molecule has 0 aliphatic rings. The predicted octanol–water partition coefficient (Wildman–Crippen LogP) is 3.46. The highest BCUT2D eigenvalue weighted by Gasteiger charge is 2.12. The standard InChI is InChI=1S/C21H28N2O/c1-15(2)13-18-7-9-19(10-8-18)17(4)22-14-21(24)23-20-11-5-16(3)6-12-20/h5-12,15,17,22H,13-14H2,1-4H3,(H,23,24)/p+1/t17-/m0/s1. The number of aryl methyl sites for hydroxylation is 1. The first kappa shape index (κ1) is 18.2. The fourth-order valence-corrected chi connectivity index (χ4v) is 2.70. The minimum absolute atomic E-state index is 0.0298. The van der Waals surface area contributed by atoms with Gasteiger partial charge in [-0.3, -0.25) is 4.79 Å². The van der Waals surface area contributed by atoms with Gasteiger partial charge in [0.25, 0.3) is 5.91 Å². The van der Waals surface area contributed by atoms with E-state index in [0.29, 0.717) is 12.5 Å². The number of rotatable bonds is 7. The zero-order valence-electron chi connectivity index (χ0n) is 15.2. The van der Waals surface area contributed by atoms with Crippen LogP contribution in [0.5, 0.6) is 0 Å². The first-order chi connectivity index (χ1) is 11.4. The van der Waals surface area contributed by atoms with Crippen LogP contribution in [0.25, 0.3) is 0 Å². The summed E-state index contributed by atoms with van der Waals surface area (Å²) in [6.07, 6.45) is 1.11. The molecule has 0 radical (unpaired) electrons. The van der Waals surface area contributed by atoms with Crippen molar-refractivity contribution in [2.75, 3.05) is 11.9 Å². The van der Waals surface area contributed by atoms with Gasteiger partial charge in [-0.25, -0.2) is 0 Å². The van der Waals surface area contributed by atoms with Crippen molar-refractivity contribution >= 4 is 11.6 Å². The van der Waals surface area contributed by atoms with Gasteiger partial charge in [0, 0.05) is 11.3 Å². The first-order valence-corrected chi connectivity index (χ1v) is 8.72. The van der Waals surface area contributed by atoms with Crippen molar-refractivity contribution in [3.63, 3.8) is 0 Å². The Bertz CT molecular complexity index is 645. The number of nitrogens with one attached hydrogen (secondary N) is 1. The Hall–Kier alpha value is -2.13. The summed E-state index contributed by atoms with van der Waals surface area (Å²) in [7, 11) is 0. The maximum atomic E-state index is 12.1. The van der Waals surface area contributed by atoms with Crippen LogP contribution in [0.3, 0.4) is 0 Å². The molecule has 3 N–H and O–H groups in total. The molecule has 0 unspecified atom stereocenters. The normalized spacial score (nSPS) is 12.2. The molecular formula is C21H29N2O+.